The Morgan fingerprint density at radius 2 is 1.58 bits per heavy atom. The van der Waals surface area contributed by atoms with Crippen LogP contribution in [0.15, 0.2) is 53.3 Å². The van der Waals surface area contributed by atoms with E-state index in [1.54, 1.807) is 11.0 Å². The first-order chi connectivity index (χ1) is 31.1. The fourth-order valence-corrected chi connectivity index (χ4v) is 13.4. The number of carbonyl (C=O) groups is 4. The lowest BCUT2D eigenvalue weighted by atomic mass is 9.69. The number of carbonyl (C=O) groups excluding carboxylic acids is 4. The van der Waals surface area contributed by atoms with Crippen LogP contribution in [0.1, 0.15) is 128 Å². The van der Waals surface area contributed by atoms with Gasteiger partial charge in [0, 0.05) is 60.7 Å². The highest BCUT2D eigenvalue weighted by Gasteiger charge is 2.50. The number of benzene rings is 3. The van der Waals surface area contributed by atoms with Gasteiger partial charge in [0.15, 0.2) is 0 Å². The molecule has 5 fully saturated rings. The summed E-state index contributed by atoms with van der Waals surface area (Å²) in [5.41, 5.74) is 6.53. The summed E-state index contributed by atoms with van der Waals surface area (Å²) in [7, 11) is 0. The van der Waals surface area contributed by atoms with E-state index >= 15 is 0 Å². The van der Waals surface area contributed by atoms with Gasteiger partial charge in [-0.05, 0) is 112 Å². The highest BCUT2D eigenvalue weighted by Crippen LogP contribution is 2.53. The molecule has 64 heavy (non-hydrogen) atoms. The molecule has 4 saturated heterocycles. The summed E-state index contributed by atoms with van der Waals surface area (Å²) in [5, 5.41) is 3.33. The van der Waals surface area contributed by atoms with Crippen LogP contribution in [-0.4, -0.2) is 111 Å². The van der Waals surface area contributed by atoms with Crippen LogP contribution in [0.4, 0.5) is 4.79 Å². The summed E-state index contributed by atoms with van der Waals surface area (Å²) >= 11 is 6.59. The van der Waals surface area contributed by atoms with Gasteiger partial charge in [-0.3, -0.25) is 29.1 Å². The zero-order valence-electron chi connectivity index (χ0n) is 36.2. The van der Waals surface area contributed by atoms with Gasteiger partial charge in [-0.2, -0.15) is 4.98 Å². The Kier molecular flexibility index (Phi) is 9.53. The number of piperidine rings is 4. The van der Waals surface area contributed by atoms with Crippen molar-refractivity contribution in [1.29, 1.82) is 0 Å². The second kappa shape index (κ2) is 15.2. The minimum Gasteiger partial charge on any atom is -0.492 e. The van der Waals surface area contributed by atoms with E-state index in [9.17, 15) is 24.0 Å². The van der Waals surface area contributed by atoms with Crippen LogP contribution >= 0.6 is 11.6 Å². The van der Waals surface area contributed by atoms with Gasteiger partial charge < -0.3 is 24.3 Å². The average molecular weight is 884 g/mol. The molecule has 1 atom stereocenters. The van der Waals surface area contributed by atoms with E-state index in [0.717, 1.165) is 124 Å². The quantitative estimate of drug-likeness (QED) is 0.229. The van der Waals surface area contributed by atoms with Gasteiger partial charge >= 0.3 is 6.03 Å². The first kappa shape index (κ1) is 40.3. The molecule has 0 radical (unpaired) electrons. The Labute approximate surface area is 377 Å². The van der Waals surface area contributed by atoms with Crippen molar-refractivity contribution in [3.63, 3.8) is 0 Å². The largest absolute Gasteiger partial charge is 0.492 e. The summed E-state index contributed by atoms with van der Waals surface area (Å²) in [6.07, 6.45) is 11.8. The number of hydrogen-bond acceptors (Lipinski definition) is 8. The van der Waals surface area contributed by atoms with Crippen molar-refractivity contribution in [2.45, 2.75) is 119 Å². The molecule has 1 aliphatic carbocycles. The molecular weight excluding hydrogens is 830 g/mol. The summed E-state index contributed by atoms with van der Waals surface area (Å²) in [6, 6.07) is 16.6. The van der Waals surface area contributed by atoms with E-state index in [0.29, 0.717) is 60.6 Å². The smallest absolute Gasteiger partial charge is 0.320 e. The number of hydrogen-bond donors (Lipinski definition) is 1. The Bertz CT molecular complexity index is 2700. The molecular formula is C50H54ClN7O6. The lowest BCUT2D eigenvalue weighted by molar-refractivity contribution is -0.136. The standard InChI is InChI=1S/C50H54ClN7O6/c51-37-5-4-6-39-42(37)45(61)53-47-50(17-2-1-3-18-50)36-27-31(7-10-38(36)58(39)47)30-13-21-54(22-14-30)32-15-23-55(24-16-32)48(63)56-25-19-49(20-26-56)29-64-43-34-28-57(40-11-12-41(59)52-44(40)60)46(62)33(34)8-9-35(43)49/h4-10,27,30,32,40H,1-3,11-26,28-29H2,(H,52,59,60). The number of nitrogens with zero attached hydrogens (tertiary/aromatic N) is 6. The molecule has 2 spiro atoms. The number of likely N-dealkylation sites (tertiary alicyclic amines) is 3. The summed E-state index contributed by atoms with van der Waals surface area (Å²) < 4.78 is 8.61. The first-order valence-corrected chi connectivity index (χ1v) is 24.1. The highest BCUT2D eigenvalue weighted by molar-refractivity contribution is 6.35. The molecule has 1 aromatic heterocycles. The number of fused-ring (bicyclic) bond motifs is 11. The van der Waals surface area contributed by atoms with Gasteiger partial charge in [0.05, 0.1) is 40.2 Å². The van der Waals surface area contributed by atoms with E-state index < -0.39 is 11.9 Å². The van der Waals surface area contributed by atoms with Crippen LogP contribution in [0.3, 0.4) is 0 Å². The molecule has 13 nitrogen and oxygen atoms in total. The summed E-state index contributed by atoms with van der Waals surface area (Å²) in [5.74, 6) is 1.21. The molecule has 14 heteroatoms. The van der Waals surface area contributed by atoms with Crippen molar-refractivity contribution in [1.82, 2.24) is 34.5 Å². The number of halogens is 1. The van der Waals surface area contributed by atoms with E-state index in [-0.39, 0.29) is 40.7 Å². The van der Waals surface area contributed by atoms with Gasteiger partial charge in [-0.25, -0.2) is 4.79 Å². The number of aromatic nitrogens is 2. The zero-order valence-corrected chi connectivity index (χ0v) is 37.0. The third-order valence-electron chi connectivity index (χ3n) is 16.8. The molecule has 1 N–H and O–H groups in total. The van der Waals surface area contributed by atoms with Crippen LogP contribution in [0.25, 0.3) is 16.6 Å². The highest BCUT2D eigenvalue weighted by atomic mass is 35.5. The first-order valence-electron chi connectivity index (χ1n) is 23.7. The Balaban J connectivity index is 0.665. The van der Waals surface area contributed by atoms with Crippen molar-refractivity contribution in [3.05, 3.63) is 97.5 Å². The Morgan fingerprint density at radius 1 is 0.812 bits per heavy atom. The fraction of sp³-hybridized carbons (Fsp3) is 0.520. The minimum atomic E-state index is -0.664. The number of nitrogens with one attached hydrogen (secondary N) is 1. The molecule has 5 amide bonds. The van der Waals surface area contributed by atoms with Crippen molar-refractivity contribution < 1.29 is 23.9 Å². The molecule has 332 valence electrons. The predicted molar refractivity (Wildman–Crippen MR) is 240 cm³/mol. The number of amides is 5. The number of urea groups is 1. The normalized spacial score (nSPS) is 24.2. The molecule has 8 aliphatic rings. The molecule has 3 aromatic carbocycles. The van der Waals surface area contributed by atoms with E-state index in [1.165, 1.54) is 17.5 Å². The maximum absolute atomic E-state index is 14.0. The lowest BCUT2D eigenvalue weighted by Gasteiger charge is -2.44. The second-order valence-electron chi connectivity index (χ2n) is 19.9. The maximum atomic E-state index is 14.0. The number of rotatable bonds is 3. The third kappa shape index (κ3) is 6.12. The minimum absolute atomic E-state index is 0.135. The van der Waals surface area contributed by atoms with Crippen molar-refractivity contribution >= 4 is 46.3 Å². The molecule has 8 heterocycles. The monoisotopic (exact) mass is 883 g/mol. The molecule has 7 aliphatic heterocycles. The second-order valence-corrected chi connectivity index (χ2v) is 20.3. The van der Waals surface area contributed by atoms with E-state index in [1.807, 2.05) is 29.2 Å². The van der Waals surface area contributed by atoms with Crippen molar-refractivity contribution in [3.8, 4) is 11.4 Å². The van der Waals surface area contributed by atoms with Crippen LogP contribution < -0.4 is 15.6 Å². The molecule has 12 rings (SSSR count). The van der Waals surface area contributed by atoms with Gasteiger partial charge in [-0.1, -0.05) is 55.1 Å². The van der Waals surface area contributed by atoms with Crippen LogP contribution in [0, 0.1) is 0 Å². The lowest BCUT2D eigenvalue weighted by Crippen LogP contribution is -2.54. The molecule has 1 unspecified atom stereocenters. The van der Waals surface area contributed by atoms with Gasteiger partial charge in [0.2, 0.25) is 11.8 Å². The Hall–Kier alpha value is -5.27. The maximum Gasteiger partial charge on any atom is 0.320 e. The van der Waals surface area contributed by atoms with Gasteiger partial charge in [0.25, 0.3) is 11.5 Å². The average Bonchev–Trinajstić information content (AvgIpc) is 3.94. The summed E-state index contributed by atoms with van der Waals surface area (Å²) in [4.78, 5) is 78.3. The molecule has 1 saturated carbocycles. The van der Waals surface area contributed by atoms with Crippen LogP contribution in [-0.2, 0) is 27.0 Å². The van der Waals surface area contributed by atoms with Crippen LogP contribution in [0.2, 0.25) is 5.02 Å². The van der Waals surface area contributed by atoms with Crippen molar-refractivity contribution in [2.75, 3.05) is 45.9 Å². The molecule has 4 aromatic rings. The van der Waals surface area contributed by atoms with Gasteiger partial charge in [0.1, 0.15) is 17.6 Å². The SMILES string of the molecule is O=C1CCC(N2Cc3c(ccc4c3OCC43CCN(C(=O)N4CCC(N5CCC(c6ccc7c(c6)C6(CCCCC6)c6nc(=O)c8c(Cl)cccc8n6-7)CC5)CC4)CC3)C2=O)C(=O)N1. The third-order valence-corrected chi connectivity index (χ3v) is 17.1. The van der Waals surface area contributed by atoms with E-state index in [4.69, 9.17) is 21.3 Å². The fourth-order valence-electron chi connectivity index (χ4n) is 13.2. The number of imide groups is 1. The van der Waals surface area contributed by atoms with Gasteiger partial charge in [-0.15, -0.1) is 0 Å². The van der Waals surface area contributed by atoms with Crippen LogP contribution in [0.5, 0.6) is 5.75 Å². The van der Waals surface area contributed by atoms with Crippen molar-refractivity contribution in [2.24, 2.45) is 0 Å². The Morgan fingerprint density at radius 3 is 2.34 bits per heavy atom. The zero-order chi connectivity index (χ0) is 43.5. The summed E-state index contributed by atoms with van der Waals surface area (Å²) in [6.45, 7) is 5.76. The predicted octanol–water partition coefficient (Wildman–Crippen LogP) is 6.55. The topological polar surface area (TPSA) is 137 Å². The van der Waals surface area contributed by atoms with E-state index in [2.05, 4.69) is 37.9 Å². The molecule has 0 bridgehead atoms. The number of ether oxygens (including phenoxy) is 1.